The molecule has 238 valence electrons. The number of aromatic nitrogens is 3. The van der Waals surface area contributed by atoms with E-state index in [9.17, 15) is 13.5 Å². The smallest absolute Gasteiger partial charge is 0.240 e. The Bertz CT molecular complexity index is 1870. The molecular formula is C35H36N4O5S2. The normalized spacial score (nSPS) is 20.1. The quantitative estimate of drug-likeness (QED) is 0.166. The van der Waals surface area contributed by atoms with E-state index in [1.54, 1.807) is 48.4 Å². The first-order chi connectivity index (χ1) is 22.3. The molecule has 1 aliphatic rings. The van der Waals surface area contributed by atoms with Gasteiger partial charge in [0.15, 0.2) is 11.4 Å². The molecule has 5 aromatic rings. The molecule has 0 amide bonds. The third-order valence-electron chi connectivity index (χ3n) is 8.11. The molecule has 4 unspecified atom stereocenters. The zero-order chi connectivity index (χ0) is 32.1. The lowest BCUT2D eigenvalue weighted by Crippen LogP contribution is -2.38. The molecule has 6 rings (SSSR count). The van der Waals surface area contributed by atoms with E-state index < -0.39 is 16.3 Å². The van der Waals surface area contributed by atoms with Gasteiger partial charge in [-0.15, -0.1) is 10.2 Å². The molecule has 1 fully saturated rings. The van der Waals surface area contributed by atoms with Gasteiger partial charge in [-0.2, -0.15) is 0 Å². The standard InChI is InChI=1S/C35H36N4O5S2/c1-24-32(22-45-35-38-36-23-39(35)2)43-34(44-33(24)27-16-14-25(21-40)15-17-27)30-11-7-10-29(19-30)28-9-6-8-26(18-28)20-37-46(41,42)31-12-4-3-5-13-31/h3-19,23-24,32-34,37,40H,20-22H2,1-2H3. The number of hydrogen-bond donors (Lipinski definition) is 2. The minimum atomic E-state index is -3.63. The molecule has 1 saturated heterocycles. The predicted octanol–water partition coefficient (Wildman–Crippen LogP) is 6.04. The lowest BCUT2D eigenvalue weighted by molar-refractivity contribution is -0.268. The fraction of sp³-hybridized carbons (Fsp3) is 0.257. The van der Waals surface area contributed by atoms with Crippen LogP contribution in [0.5, 0.6) is 0 Å². The van der Waals surface area contributed by atoms with E-state index in [4.69, 9.17) is 9.47 Å². The second-order valence-corrected chi connectivity index (χ2v) is 14.1. The Morgan fingerprint density at radius 2 is 1.61 bits per heavy atom. The van der Waals surface area contributed by atoms with Gasteiger partial charge in [0.2, 0.25) is 10.0 Å². The first kappa shape index (κ1) is 32.1. The zero-order valence-electron chi connectivity index (χ0n) is 25.6. The minimum Gasteiger partial charge on any atom is -0.392 e. The van der Waals surface area contributed by atoms with Crippen molar-refractivity contribution in [1.82, 2.24) is 19.5 Å². The van der Waals surface area contributed by atoms with E-state index in [2.05, 4.69) is 27.9 Å². The van der Waals surface area contributed by atoms with Crippen LogP contribution in [0.2, 0.25) is 0 Å². The van der Waals surface area contributed by atoms with Gasteiger partial charge in [0.25, 0.3) is 0 Å². The van der Waals surface area contributed by atoms with Crippen molar-refractivity contribution in [2.75, 3.05) is 5.75 Å². The van der Waals surface area contributed by atoms with E-state index >= 15 is 0 Å². The molecule has 1 aliphatic heterocycles. The Hall–Kier alpha value is -3.84. The summed E-state index contributed by atoms with van der Waals surface area (Å²) in [6, 6.07) is 32.1. The summed E-state index contributed by atoms with van der Waals surface area (Å²) < 4.78 is 43.4. The van der Waals surface area contributed by atoms with Crippen LogP contribution in [0.3, 0.4) is 0 Å². The van der Waals surface area contributed by atoms with Crippen molar-refractivity contribution in [3.63, 3.8) is 0 Å². The van der Waals surface area contributed by atoms with Crippen LogP contribution < -0.4 is 4.72 Å². The van der Waals surface area contributed by atoms with Crippen LogP contribution >= 0.6 is 11.8 Å². The summed E-state index contributed by atoms with van der Waals surface area (Å²) in [5, 5.41) is 18.6. The Morgan fingerprint density at radius 1 is 0.870 bits per heavy atom. The van der Waals surface area contributed by atoms with Crippen molar-refractivity contribution >= 4 is 21.8 Å². The molecule has 0 saturated carbocycles. The van der Waals surface area contributed by atoms with Crippen molar-refractivity contribution in [3.05, 3.63) is 132 Å². The number of sulfonamides is 1. The molecule has 0 radical (unpaired) electrons. The number of nitrogens with zero attached hydrogens (tertiary/aromatic N) is 3. The molecule has 4 atom stereocenters. The summed E-state index contributed by atoms with van der Waals surface area (Å²) in [6.07, 6.45) is 0.683. The number of rotatable bonds is 11. The maximum atomic E-state index is 12.8. The van der Waals surface area contributed by atoms with Gasteiger partial charge < -0.3 is 19.1 Å². The summed E-state index contributed by atoms with van der Waals surface area (Å²) >= 11 is 1.60. The molecule has 11 heteroatoms. The lowest BCUT2D eigenvalue weighted by Gasteiger charge is -2.41. The number of hydrogen-bond acceptors (Lipinski definition) is 8. The van der Waals surface area contributed by atoms with Crippen LogP contribution in [0.25, 0.3) is 11.1 Å². The second kappa shape index (κ2) is 14.3. The SMILES string of the molecule is CC1C(CSc2nncn2C)OC(c2cccc(-c3cccc(CNS(=O)(=O)c4ccccc4)c3)c2)OC1c1ccc(CO)cc1. The molecule has 0 bridgehead atoms. The van der Waals surface area contributed by atoms with Crippen molar-refractivity contribution < 1.29 is 23.0 Å². The summed E-state index contributed by atoms with van der Waals surface area (Å²) in [5.74, 6) is 0.704. The number of aliphatic hydroxyl groups excluding tert-OH is 1. The van der Waals surface area contributed by atoms with Crippen molar-refractivity contribution in [2.24, 2.45) is 13.0 Å². The number of benzene rings is 4. The Kier molecular flexibility index (Phi) is 9.98. The summed E-state index contributed by atoms with van der Waals surface area (Å²) in [4.78, 5) is 0.233. The summed E-state index contributed by atoms with van der Waals surface area (Å²) in [7, 11) is -1.71. The highest BCUT2D eigenvalue weighted by molar-refractivity contribution is 7.99. The molecule has 2 heterocycles. The van der Waals surface area contributed by atoms with Crippen molar-refractivity contribution in [2.45, 2.75) is 48.6 Å². The van der Waals surface area contributed by atoms with E-state index in [1.807, 2.05) is 78.3 Å². The molecular weight excluding hydrogens is 621 g/mol. The van der Waals surface area contributed by atoms with Crippen molar-refractivity contribution in [1.29, 1.82) is 0 Å². The van der Waals surface area contributed by atoms with E-state index in [1.165, 1.54) is 0 Å². The van der Waals surface area contributed by atoms with Gasteiger partial charge in [0.1, 0.15) is 6.33 Å². The second-order valence-electron chi connectivity index (χ2n) is 11.3. The first-order valence-electron chi connectivity index (χ1n) is 15.0. The average molecular weight is 657 g/mol. The van der Waals surface area contributed by atoms with Gasteiger partial charge in [0, 0.05) is 30.8 Å². The molecule has 0 aliphatic carbocycles. The summed E-state index contributed by atoms with van der Waals surface area (Å²) in [5.41, 5.74) is 5.50. The van der Waals surface area contributed by atoms with Crippen LogP contribution in [0.15, 0.2) is 120 Å². The number of aryl methyl sites for hydroxylation is 1. The van der Waals surface area contributed by atoms with Gasteiger partial charge in [-0.25, -0.2) is 13.1 Å². The molecule has 1 aromatic heterocycles. The number of aliphatic hydroxyl groups is 1. The Labute approximate surface area is 273 Å². The highest BCUT2D eigenvalue weighted by Gasteiger charge is 2.38. The van der Waals surface area contributed by atoms with Crippen molar-refractivity contribution in [3.8, 4) is 11.1 Å². The van der Waals surface area contributed by atoms with Gasteiger partial charge >= 0.3 is 0 Å². The van der Waals surface area contributed by atoms with Crippen LogP contribution in [0.1, 0.15) is 41.6 Å². The summed E-state index contributed by atoms with van der Waals surface area (Å²) in [6.45, 7) is 2.28. The monoisotopic (exact) mass is 656 g/mol. The maximum Gasteiger partial charge on any atom is 0.240 e. The largest absolute Gasteiger partial charge is 0.392 e. The van der Waals surface area contributed by atoms with Gasteiger partial charge in [-0.1, -0.05) is 97.5 Å². The van der Waals surface area contributed by atoms with Crippen LogP contribution in [-0.2, 0) is 39.7 Å². The maximum absolute atomic E-state index is 12.8. The van der Waals surface area contributed by atoms with E-state index in [0.29, 0.717) is 5.75 Å². The fourth-order valence-electron chi connectivity index (χ4n) is 5.46. The number of nitrogens with one attached hydrogen (secondary N) is 1. The average Bonchev–Trinajstić information content (AvgIpc) is 3.51. The first-order valence-corrected chi connectivity index (χ1v) is 17.5. The number of ether oxygens (including phenoxy) is 2. The number of thioether (sulfide) groups is 1. The van der Waals surface area contributed by atoms with E-state index in [0.717, 1.165) is 38.5 Å². The Morgan fingerprint density at radius 3 is 2.33 bits per heavy atom. The predicted molar refractivity (Wildman–Crippen MR) is 177 cm³/mol. The third kappa shape index (κ3) is 7.41. The minimum absolute atomic E-state index is 0.0169. The molecule has 0 spiro atoms. The Balaban J connectivity index is 1.23. The molecule has 46 heavy (non-hydrogen) atoms. The topological polar surface area (TPSA) is 116 Å². The van der Waals surface area contributed by atoms with Crippen LogP contribution in [0, 0.1) is 5.92 Å². The fourth-order valence-corrected chi connectivity index (χ4v) is 7.55. The molecule has 2 N–H and O–H groups in total. The van der Waals surface area contributed by atoms with Gasteiger partial charge in [0.05, 0.1) is 23.7 Å². The van der Waals surface area contributed by atoms with Crippen LogP contribution in [0.4, 0.5) is 0 Å². The molecule has 9 nitrogen and oxygen atoms in total. The zero-order valence-corrected chi connectivity index (χ0v) is 27.2. The highest BCUT2D eigenvalue weighted by atomic mass is 32.2. The third-order valence-corrected chi connectivity index (χ3v) is 10.6. The van der Waals surface area contributed by atoms with Gasteiger partial charge in [-0.3, -0.25) is 0 Å². The van der Waals surface area contributed by atoms with Gasteiger partial charge in [-0.05, 0) is 52.1 Å². The lowest BCUT2D eigenvalue weighted by atomic mass is 9.91. The highest BCUT2D eigenvalue weighted by Crippen LogP contribution is 2.43. The van der Waals surface area contributed by atoms with E-state index in [-0.39, 0.29) is 36.2 Å². The van der Waals surface area contributed by atoms with Crippen LogP contribution in [-0.4, -0.2) is 40.1 Å². The molecule has 4 aromatic carbocycles.